The van der Waals surface area contributed by atoms with Crippen LogP contribution in [-0.2, 0) is 0 Å². The standard InChI is InChI=1S/C15H13ClO3/c1-18-14-7-10(9-17)12(8-15(14)19-2)11-5-3-4-6-13(11)16/h3-9H,1-2H3. The molecule has 2 rings (SSSR count). The van der Waals surface area contributed by atoms with E-state index in [1.165, 1.54) is 7.11 Å². The molecule has 0 amide bonds. The van der Waals surface area contributed by atoms with Gasteiger partial charge in [0.05, 0.1) is 14.2 Å². The Kier molecular flexibility index (Phi) is 4.07. The van der Waals surface area contributed by atoms with Gasteiger partial charge in [0, 0.05) is 16.1 Å². The van der Waals surface area contributed by atoms with Crippen LogP contribution in [0.1, 0.15) is 10.4 Å². The average molecular weight is 277 g/mol. The first-order valence-electron chi connectivity index (χ1n) is 5.67. The minimum atomic E-state index is 0.505. The second-order valence-corrected chi connectivity index (χ2v) is 4.30. The molecule has 3 nitrogen and oxygen atoms in total. The zero-order valence-corrected chi connectivity index (χ0v) is 11.4. The Morgan fingerprint density at radius 3 is 2.21 bits per heavy atom. The average Bonchev–Trinajstić information content (AvgIpc) is 2.46. The van der Waals surface area contributed by atoms with Gasteiger partial charge in [-0.25, -0.2) is 0 Å². The van der Waals surface area contributed by atoms with Crippen LogP contribution in [0.15, 0.2) is 36.4 Å². The summed E-state index contributed by atoms with van der Waals surface area (Å²) in [6, 6.07) is 10.7. The molecular formula is C15H13ClO3. The Morgan fingerprint density at radius 1 is 1.00 bits per heavy atom. The van der Waals surface area contributed by atoms with Crippen LogP contribution >= 0.6 is 11.6 Å². The fourth-order valence-electron chi connectivity index (χ4n) is 1.91. The van der Waals surface area contributed by atoms with Gasteiger partial charge in [0.1, 0.15) is 0 Å². The number of rotatable bonds is 4. The van der Waals surface area contributed by atoms with Gasteiger partial charge in [0.2, 0.25) is 0 Å². The van der Waals surface area contributed by atoms with E-state index < -0.39 is 0 Å². The van der Waals surface area contributed by atoms with Gasteiger partial charge in [0.15, 0.2) is 17.8 Å². The van der Waals surface area contributed by atoms with Crippen LogP contribution in [-0.4, -0.2) is 20.5 Å². The highest BCUT2D eigenvalue weighted by molar-refractivity contribution is 6.33. The van der Waals surface area contributed by atoms with Crippen molar-refractivity contribution < 1.29 is 14.3 Å². The van der Waals surface area contributed by atoms with Gasteiger partial charge in [-0.1, -0.05) is 29.8 Å². The molecule has 0 radical (unpaired) electrons. The topological polar surface area (TPSA) is 35.5 Å². The highest BCUT2D eigenvalue weighted by atomic mass is 35.5. The maximum absolute atomic E-state index is 11.2. The molecule has 0 saturated heterocycles. The number of aldehydes is 1. The third-order valence-corrected chi connectivity index (χ3v) is 3.18. The summed E-state index contributed by atoms with van der Waals surface area (Å²) in [6.07, 6.45) is 0.778. The third kappa shape index (κ3) is 2.56. The zero-order chi connectivity index (χ0) is 13.8. The Morgan fingerprint density at radius 2 is 1.63 bits per heavy atom. The molecule has 19 heavy (non-hydrogen) atoms. The fourth-order valence-corrected chi connectivity index (χ4v) is 2.14. The van der Waals surface area contributed by atoms with Crippen LogP contribution < -0.4 is 9.47 Å². The molecule has 0 aromatic heterocycles. The van der Waals surface area contributed by atoms with Crippen molar-refractivity contribution in [1.29, 1.82) is 0 Å². The predicted molar refractivity (Wildman–Crippen MR) is 75.4 cm³/mol. The van der Waals surface area contributed by atoms with Crippen molar-refractivity contribution in [3.8, 4) is 22.6 Å². The number of benzene rings is 2. The minimum Gasteiger partial charge on any atom is -0.493 e. The maximum atomic E-state index is 11.2. The summed E-state index contributed by atoms with van der Waals surface area (Å²) in [6.45, 7) is 0. The summed E-state index contributed by atoms with van der Waals surface area (Å²) in [7, 11) is 3.08. The molecule has 0 atom stereocenters. The van der Waals surface area contributed by atoms with Crippen molar-refractivity contribution in [2.45, 2.75) is 0 Å². The van der Waals surface area contributed by atoms with Crippen molar-refractivity contribution in [2.75, 3.05) is 14.2 Å². The van der Waals surface area contributed by atoms with Crippen LogP contribution in [0, 0.1) is 0 Å². The molecule has 0 spiro atoms. The van der Waals surface area contributed by atoms with Crippen molar-refractivity contribution in [3.05, 3.63) is 47.0 Å². The molecule has 0 N–H and O–H groups in total. The molecule has 0 aliphatic rings. The van der Waals surface area contributed by atoms with E-state index >= 15 is 0 Å². The Balaban J connectivity index is 2.69. The summed E-state index contributed by atoms with van der Waals surface area (Å²) in [5.74, 6) is 1.07. The van der Waals surface area contributed by atoms with E-state index in [9.17, 15) is 4.79 Å². The summed E-state index contributed by atoms with van der Waals surface area (Å²) in [5.41, 5.74) is 2.01. The SMILES string of the molecule is COc1cc(C=O)c(-c2ccccc2Cl)cc1OC. The lowest BCUT2D eigenvalue weighted by atomic mass is 9.99. The highest BCUT2D eigenvalue weighted by Gasteiger charge is 2.13. The van der Waals surface area contributed by atoms with E-state index in [0.29, 0.717) is 22.1 Å². The summed E-state index contributed by atoms with van der Waals surface area (Å²) in [5, 5.41) is 0.581. The van der Waals surface area contributed by atoms with E-state index in [-0.39, 0.29) is 0 Å². The smallest absolute Gasteiger partial charge is 0.161 e. The molecule has 0 unspecified atom stereocenters. The van der Waals surface area contributed by atoms with E-state index in [2.05, 4.69) is 0 Å². The lowest BCUT2D eigenvalue weighted by molar-refractivity contribution is 0.112. The van der Waals surface area contributed by atoms with Gasteiger partial charge in [-0.05, 0) is 23.8 Å². The Hall–Kier alpha value is -2.00. The molecule has 0 heterocycles. The molecule has 0 aliphatic heterocycles. The summed E-state index contributed by atoms with van der Waals surface area (Å²) >= 11 is 6.17. The largest absolute Gasteiger partial charge is 0.493 e. The van der Waals surface area contributed by atoms with Crippen LogP contribution in [0.25, 0.3) is 11.1 Å². The van der Waals surface area contributed by atoms with Crippen molar-refractivity contribution >= 4 is 17.9 Å². The van der Waals surface area contributed by atoms with Gasteiger partial charge in [0.25, 0.3) is 0 Å². The molecule has 0 bridgehead atoms. The van der Waals surface area contributed by atoms with E-state index in [4.69, 9.17) is 21.1 Å². The van der Waals surface area contributed by atoms with Gasteiger partial charge >= 0.3 is 0 Å². The van der Waals surface area contributed by atoms with Crippen molar-refractivity contribution in [2.24, 2.45) is 0 Å². The van der Waals surface area contributed by atoms with Gasteiger partial charge in [-0.3, -0.25) is 4.79 Å². The molecule has 0 fully saturated rings. The molecule has 4 heteroatoms. The summed E-state index contributed by atoms with van der Waals surface area (Å²) < 4.78 is 10.4. The van der Waals surface area contributed by atoms with E-state index in [1.807, 2.05) is 18.2 Å². The van der Waals surface area contributed by atoms with Gasteiger partial charge in [-0.2, -0.15) is 0 Å². The van der Waals surface area contributed by atoms with Gasteiger partial charge < -0.3 is 9.47 Å². The third-order valence-electron chi connectivity index (χ3n) is 2.85. The molecule has 98 valence electrons. The van der Waals surface area contributed by atoms with Gasteiger partial charge in [-0.15, -0.1) is 0 Å². The minimum absolute atomic E-state index is 0.505. The van der Waals surface area contributed by atoms with Crippen LogP contribution in [0.3, 0.4) is 0 Å². The number of ether oxygens (including phenoxy) is 2. The second kappa shape index (κ2) is 5.76. The normalized spacial score (nSPS) is 10.1. The molecule has 2 aromatic carbocycles. The fraction of sp³-hybridized carbons (Fsp3) is 0.133. The van der Waals surface area contributed by atoms with Crippen LogP contribution in [0.2, 0.25) is 5.02 Å². The highest BCUT2D eigenvalue weighted by Crippen LogP contribution is 2.37. The molecule has 0 aliphatic carbocycles. The zero-order valence-electron chi connectivity index (χ0n) is 10.6. The number of halogens is 1. The first-order valence-corrected chi connectivity index (χ1v) is 6.05. The monoisotopic (exact) mass is 276 g/mol. The Bertz CT molecular complexity index is 608. The second-order valence-electron chi connectivity index (χ2n) is 3.89. The first kappa shape index (κ1) is 13.4. The maximum Gasteiger partial charge on any atom is 0.161 e. The Labute approximate surface area is 116 Å². The number of carbonyl (C=O) groups excluding carboxylic acids is 1. The van der Waals surface area contributed by atoms with Crippen LogP contribution in [0.5, 0.6) is 11.5 Å². The van der Waals surface area contributed by atoms with Crippen LogP contribution in [0.4, 0.5) is 0 Å². The van der Waals surface area contributed by atoms with E-state index in [0.717, 1.165) is 17.4 Å². The lowest BCUT2D eigenvalue weighted by Crippen LogP contribution is -1.95. The molecule has 2 aromatic rings. The molecule has 0 saturated carbocycles. The number of hydrogen-bond donors (Lipinski definition) is 0. The van der Waals surface area contributed by atoms with Crippen molar-refractivity contribution in [1.82, 2.24) is 0 Å². The number of hydrogen-bond acceptors (Lipinski definition) is 3. The summed E-state index contributed by atoms with van der Waals surface area (Å²) in [4.78, 5) is 11.2. The van der Waals surface area contributed by atoms with Crippen molar-refractivity contribution in [3.63, 3.8) is 0 Å². The molecular weight excluding hydrogens is 264 g/mol. The number of carbonyl (C=O) groups is 1. The quantitative estimate of drug-likeness (QED) is 0.796. The number of methoxy groups -OCH3 is 2. The predicted octanol–water partition coefficient (Wildman–Crippen LogP) is 3.84. The lowest BCUT2D eigenvalue weighted by Gasteiger charge is -2.13. The van der Waals surface area contributed by atoms with E-state index in [1.54, 1.807) is 25.3 Å². The first-order chi connectivity index (χ1) is 9.21.